The van der Waals surface area contributed by atoms with Gasteiger partial charge >= 0.3 is 6.18 Å². The van der Waals surface area contributed by atoms with Crippen LogP contribution in [0, 0.1) is 0 Å². The van der Waals surface area contributed by atoms with E-state index in [1.54, 1.807) is 0 Å². The lowest BCUT2D eigenvalue weighted by Crippen LogP contribution is -2.63. The Bertz CT molecular complexity index is 293. The van der Waals surface area contributed by atoms with Crippen LogP contribution >= 0.6 is 0 Å². The second-order valence-corrected chi connectivity index (χ2v) is 5.92. The first-order valence-corrected chi connectivity index (χ1v) is 7.99. The van der Waals surface area contributed by atoms with Crippen LogP contribution in [-0.2, 0) is 4.74 Å². The fourth-order valence-electron chi connectivity index (χ4n) is 2.98. The molecule has 1 rings (SSSR count). The third kappa shape index (κ3) is 6.12. The topological polar surface area (TPSA) is 24.5 Å². The second-order valence-electron chi connectivity index (χ2n) is 5.92. The van der Waals surface area contributed by atoms with Crippen LogP contribution in [0.2, 0.25) is 0 Å². The van der Waals surface area contributed by atoms with Gasteiger partial charge in [-0.05, 0) is 25.7 Å². The molecular weight excluding hydrogens is 281 g/mol. The van der Waals surface area contributed by atoms with Crippen LogP contribution in [0.25, 0.3) is 0 Å². The molecule has 126 valence electrons. The number of hydrogen-bond acceptors (Lipinski definition) is 3. The molecule has 0 bridgehead atoms. The van der Waals surface area contributed by atoms with Crippen molar-refractivity contribution in [2.24, 2.45) is 0 Å². The summed E-state index contributed by atoms with van der Waals surface area (Å²) in [7, 11) is 0. The van der Waals surface area contributed by atoms with E-state index in [9.17, 15) is 13.2 Å². The number of rotatable bonds is 8. The number of alkyl halides is 3. The van der Waals surface area contributed by atoms with Gasteiger partial charge in [0.25, 0.3) is 0 Å². The fraction of sp³-hybridized carbons (Fsp3) is 1.00. The van der Waals surface area contributed by atoms with Gasteiger partial charge in [-0.2, -0.15) is 13.2 Å². The van der Waals surface area contributed by atoms with Crippen molar-refractivity contribution >= 4 is 0 Å². The Morgan fingerprint density at radius 1 is 1.24 bits per heavy atom. The van der Waals surface area contributed by atoms with Crippen LogP contribution in [0.3, 0.4) is 0 Å². The smallest absolute Gasteiger partial charge is 0.372 e. The fourth-order valence-corrected chi connectivity index (χ4v) is 2.98. The maximum absolute atomic E-state index is 12.0. The molecule has 0 aromatic carbocycles. The molecule has 0 spiro atoms. The molecule has 0 saturated carbocycles. The first-order valence-electron chi connectivity index (χ1n) is 7.99. The van der Waals surface area contributed by atoms with E-state index in [4.69, 9.17) is 4.74 Å². The summed E-state index contributed by atoms with van der Waals surface area (Å²) < 4.78 is 40.7. The van der Waals surface area contributed by atoms with Crippen LogP contribution in [0.4, 0.5) is 13.2 Å². The molecule has 0 radical (unpaired) electrons. The molecule has 21 heavy (non-hydrogen) atoms. The van der Waals surface area contributed by atoms with E-state index in [0.717, 1.165) is 38.9 Å². The minimum atomic E-state index is -4.22. The standard InChI is InChI=1S/C15H29F3N2O/c1-4-13-10-19-14(5-2,6-3)11-20(13)8-7-9-21-12-15(16,17)18/h13,19H,4-12H2,1-3H3. The Kier molecular flexibility index (Phi) is 7.44. The predicted octanol–water partition coefficient (Wildman–Crippen LogP) is 3.20. The summed E-state index contributed by atoms with van der Waals surface area (Å²) in [4.78, 5) is 2.42. The Morgan fingerprint density at radius 3 is 2.43 bits per heavy atom. The largest absolute Gasteiger partial charge is 0.411 e. The van der Waals surface area contributed by atoms with Gasteiger partial charge in [0, 0.05) is 37.8 Å². The molecule has 1 unspecified atom stereocenters. The first kappa shape index (κ1) is 18.7. The van der Waals surface area contributed by atoms with E-state index in [1.165, 1.54) is 0 Å². The van der Waals surface area contributed by atoms with E-state index in [1.807, 2.05) is 0 Å². The van der Waals surface area contributed by atoms with E-state index >= 15 is 0 Å². The zero-order chi connectivity index (χ0) is 15.9. The van der Waals surface area contributed by atoms with Gasteiger partial charge in [-0.15, -0.1) is 0 Å². The third-order valence-corrected chi connectivity index (χ3v) is 4.56. The summed E-state index contributed by atoms with van der Waals surface area (Å²) in [6.45, 7) is 8.30. The third-order valence-electron chi connectivity index (χ3n) is 4.56. The summed E-state index contributed by atoms with van der Waals surface area (Å²) >= 11 is 0. The number of halogens is 3. The van der Waals surface area contributed by atoms with Crippen molar-refractivity contribution < 1.29 is 17.9 Å². The molecule has 0 aliphatic carbocycles. The van der Waals surface area contributed by atoms with E-state index in [2.05, 4.69) is 31.0 Å². The maximum atomic E-state index is 12.0. The van der Waals surface area contributed by atoms with Crippen LogP contribution in [0.5, 0.6) is 0 Å². The van der Waals surface area contributed by atoms with Crippen LogP contribution in [0.1, 0.15) is 46.5 Å². The van der Waals surface area contributed by atoms with E-state index in [0.29, 0.717) is 12.5 Å². The number of nitrogens with zero attached hydrogens (tertiary/aromatic N) is 1. The summed E-state index contributed by atoms with van der Waals surface area (Å²) in [5, 5.41) is 3.66. The average Bonchev–Trinajstić information content (AvgIpc) is 2.45. The average molecular weight is 310 g/mol. The molecule has 0 aromatic rings. The molecule has 3 nitrogen and oxygen atoms in total. The highest BCUT2D eigenvalue weighted by Crippen LogP contribution is 2.24. The summed E-state index contributed by atoms with van der Waals surface area (Å²) in [6.07, 6.45) is -0.376. The molecule has 1 heterocycles. The van der Waals surface area contributed by atoms with E-state index < -0.39 is 12.8 Å². The highest BCUT2D eigenvalue weighted by Gasteiger charge is 2.35. The maximum Gasteiger partial charge on any atom is 0.411 e. The highest BCUT2D eigenvalue weighted by molar-refractivity contribution is 4.96. The van der Waals surface area contributed by atoms with Crippen molar-refractivity contribution in [1.29, 1.82) is 0 Å². The van der Waals surface area contributed by atoms with Crippen LogP contribution in [-0.4, -0.2) is 55.5 Å². The van der Waals surface area contributed by atoms with Crippen LogP contribution < -0.4 is 5.32 Å². The lowest BCUT2D eigenvalue weighted by Gasteiger charge is -2.47. The minimum absolute atomic E-state index is 0.151. The van der Waals surface area contributed by atoms with Gasteiger partial charge in [-0.1, -0.05) is 20.8 Å². The molecule has 6 heteroatoms. The molecule has 1 aliphatic heterocycles. The van der Waals surface area contributed by atoms with Gasteiger partial charge in [-0.3, -0.25) is 4.90 Å². The van der Waals surface area contributed by atoms with Gasteiger partial charge in [-0.25, -0.2) is 0 Å². The van der Waals surface area contributed by atoms with Crippen molar-refractivity contribution in [3.8, 4) is 0 Å². The normalized spacial score (nSPS) is 23.4. The lowest BCUT2D eigenvalue weighted by atomic mass is 9.88. The number of ether oxygens (including phenoxy) is 1. The van der Waals surface area contributed by atoms with Crippen molar-refractivity contribution in [3.05, 3.63) is 0 Å². The molecule has 1 saturated heterocycles. The van der Waals surface area contributed by atoms with Crippen molar-refractivity contribution in [2.45, 2.75) is 64.2 Å². The van der Waals surface area contributed by atoms with Gasteiger partial charge in [0.15, 0.2) is 0 Å². The Morgan fingerprint density at radius 2 is 1.90 bits per heavy atom. The lowest BCUT2D eigenvalue weighted by molar-refractivity contribution is -0.174. The van der Waals surface area contributed by atoms with Crippen molar-refractivity contribution in [1.82, 2.24) is 10.2 Å². The monoisotopic (exact) mass is 310 g/mol. The second kappa shape index (κ2) is 8.34. The molecule has 1 fully saturated rings. The summed E-state index contributed by atoms with van der Waals surface area (Å²) in [5.41, 5.74) is 0.151. The Balaban J connectivity index is 2.38. The Hall–Kier alpha value is -0.330. The molecular formula is C15H29F3N2O. The van der Waals surface area contributed by atoms with Crippen molar-refractivity contribution in [3.63, 3.8) is 0 Å². The van der Waals surface area contributed by atoms with Gasteiger partial charge in [0.05, 0.1) is 0 Å². The summed E-state index contributed by atoms with van der Waals surface area (Å²) in [6, 6.07) is 0.471. The van der Waals surface area contributed by atoms with Gasteiger partial charge in [0.1, 0.15) is 6.61 Å². The quantitative estimate of drug-likeness (QED) is 0.697. The zero-order valence-corrected chi connectivity index (χ0v) is 13.4. The van der Waals surface area contributed by atoms with Crippen molar-refractivity contribution in [2.75, 3.05) is 32.8 Å². The van der Waals surface area contributed by atoms with Crippen LogP contribution in [0.15, 0.2) is 0 Å². The van der Waals surface area contributed by atoms with Gasteiger partial charge < -0.3 is 10.1 Å². The molecule has 1 aliphatic rings. The summed E-state index contributed by atoms with van der Waals surface area (Å²) in [5.74, 6) is 0. The molecule has 0 amide bonds. The van der Waals surface area contributed by atoms with E-state index in [-0.39, 0.29) is 12.1 Å². The number of nitrogens with one attached hydrogen (secondary N) is 1. The molecule has 1 N–H and O–H groups in total. The molecule has 1 atom stereocenters. The molecule has 0 aromatic heterocycles. The van der Waals surface area contributed by atoms with Gasteiger partial charge in [0.2, 0.25) is 0 Å². The first-order chi connectivity index (χ1) is 9.86. The minimum Gasteiger partial charge on any atom is -0.372 e. The number of hydrogen-bond donors (Lipinski definition) is 1. The predicted molar refractivity (Wildman–Crippen MR) is 78.5 cm³/mol. The zero-order valence-electron chi connectivity index (χ0n) is 13.4. The Labute approximate surface area is 126 Å². The highest BCUT2D eigenvalue weighted by atomic mass is 19.4. The number of piperazine rings is 1. The SMILES string of the molecule is CCC1CNC(CC)(CC)CN1CCCOCC(F)(F)F.